The lowest BCUT2D eigenvalue weighted by Crippen LogP contribution is -2.30. The highest BCUT2D eigenvalue weighted by molar-refractivity contribution is 5.98. The van der Waals surface area contributed by atoms with Crippen LogP contribution in [0.3, 0.4) is 0 Å². The molecule has 0 bridgehead atoms. The van der Waals surface area contributed by atoms with Crippen LogP contribution in [0.2, 0.25) is 0 Å². The predicted octanol–water partition coefficient (Wildman–Crippen LogP) is 2.48. The highest BCUT2D eigenvalue weighted by Gasteiger charge is 2.29. The number of H-pyrrole nitrogens is 1. The molecule has 8 heteroatoms. The number of primary amides is 1. The molecule has 1 atom stereocenters. The van der Waals surface area contributed by atoms with Crippen LogP contribution in [-0.2, 0) is 0 Å². The number of hydrogen-bond donors (Lipinski definition) is 2. The Kier molecular flexibility index (Phi) is 4.60. The number of halogens is 1. The van der Waals surface area contributed by atoms with Gasteiger partial charge in [-0.05, 0) is 44.2 Å². The number of carbonyl (C=O) groups excluding carboxylic acids is 1. The fourth-order valence-electron chi connectivity index (χ4n) is 3.18. The number of carbonyl (C=O) groups is 1. The Hall–Kier alpha value is -3.03. The summed E-state index contributed by atoms with van der Waals surface area (Å²) in [6.07, 6.45) is 5.80. The average molecular weight is 342 g/mol. The molecule has 1 aliphatic rings. The zero-order valence-electron chi connectivity index (χ0n) is 13.9. The highest BCUT2D eigenvalue weighted by Crippen LogP contribution is 2.33. The highest BCUT2D eigenvalue weighted by atomic mass is 19.1. The monoisotopic (exact) mass is 342 g/mol. The maximum Gasteiger partial charge on any atom is 0.250 e. The summed E-state index contributed by atoms with van der Waals surface area (Å²) in [5.41, 5.74) is 7.11. The molecule has 25 heavy (non-hydrogen) atoms. The first-order chi connectivity index (χ1) is 12.0. The van der Waals surface area contributed by atoms with E-state index in [4.69, 9.17) is 5.73 Å². The fraction of sp³-hybridized carbons (Fsp3) is 0.294. The van der Waals surface area contributed by atoms with Crippen molar-refractivity contribution in [2.24, 2.45) is 10.7 Å². The van der Waals surface area contributed by atoms with Gasteiger partial charge in [-0.3, -0.25) is 14.9 Å². The van der Waals surface area contributed by atoms with E-state index in [2.05, 4.69) is 31.8 Å². The Morgan fingerprint density at radius 1 is 1.60 bits per heavy atom. The molecule has 3 rings (SSSR count). The molecular weight excluding hydrogens is 323 g/mol. The van der Waals surface area contributed by atoms with Crippen molar-refractivity contribution >= 4 is 29.5 Å². The Morgan fingerprint density at radius 2 is 2.40 bits per heavy atom. The molecule has 2 aromatic rings. The van der Waals surface area contributed by atoms with Gasteiger partial charge < -0.3 is 10.6 Å². The molecule has 3 N–H and O–H groups in total. The minimum atomic E-state index is -0.542. The van der Waals surface area contributed by atoms with Gasteiger partial charge in [0.25, 0.3) is 0 Å². The molecule has 2 aromatic heterocycles. The number of aliphatic imine (C=N–C) groups is 1. The van der Waals surface area contributed by atoms with Gasteiger partial charge in [-0.2, -0.15) is 5.10 Å². The first kappa shape index (κ1) is 16.8. The third-order valence-corrected chi connectivity index (χ3v) is 4.31. The molecule has 130 valence electrons. The maximum atomic E-state index is 13.7. The summed E-state index contributed by atoms with van der Waals surface area (Å²) in [5.74, 6) is -0.296. The summed E-state index contributed by atoms with van der Waals surface area (Å²) in [5, 5.41) is 7.94. The second-order valence-electron chi connectivity index (χ2n) is 5.97. The number of anilines is 1. The molecule has 1 saturated heterocycles. The van der Waals surface area contributed by atoms with Crippen molar-refractivity contribution in [1.29, 1.82) is 0 Å². The van der Waals surface area contributed by atoms with Gasteiger partial charge in [0.2, 0.25) is 5.91 Å². The van der Waals surface area contributed by atoms with Gasteiger partial charge in [-0.1, -0.05) is 0 Å². The number of aromatic amines is 1. The van der Waals surface area contributed by atoms with E-state index in [0.29, 0.717) is 17.0 Å². The lowest BCUT2D eigenvalue weighted by Gasteiger charge is -2.25. The second kappa shape index (κ2) is 6.84. The van der Waals surface area contributed by atoms with Gasteiger partial charge in [-0.25, -0.2) is 9.37 Å². The molecule has 1 fully saturated rings. The van der Waals surface area contributed by atoms with E-state index in [1.165, 1.54) is 12.3 Å². The van der Waals surface area contributed by atoms with Gasteiger partial charge in [0.1, 0.15) is 5.83 Å². The van der Waals surface area contributed by atoms with E-state index in [1.54, 1.807) is 6.07 Å². The lowest BCUT2D eigenvalue weighted by atomic mass is 10.1. The third-order valence-electron chi connectivity index (χ3n) is 4.31. The Morgan fingerprint density at radius 3 is 3.12 bits per heavy atom. The largest absolute Gasteiger partial charge is 0.366 e. The SMILES string of the molecule is C=N/C=C(F)\C=C(/C)[C@H]1CCCN1c1n[nH]c2ncc(C(N)=O)cc12. The minimum absolute atomic E-state index is 0.00713. The zero-order valence-corrected chi connectivity index (χ0v) is 13.9. The van der Waals surface area contributed by atoms with E-state index in [1.807, 2.05) is 6.92 Å². The summed E-state index contributed by atoms with van der Waals surface area (Å²) >= 11 is 0. The number of amides is 1. The molecule has 0 unspecified atom stereocenters. The van der Waals surface area contributed by atoms with Crippen molar-refractivity contribution in [3.05, 3.63) is 41.5 Å². The van der Waals surface area contributed by atoms with Gasteiger partial charge in [0.15, 0.2) is 11.5 Å². The molecule has 0 saturated carbocycles. The van der Waals surface area contributed by atoms with Crippen LogP contribution in [-0.4, -0.2) is 40.4 Å². The van der Waals surface area contributed by atoms with E-state index >= 15 is 0 Å². The number of pyridine rings is 1. The van der Waals surface area contributed by atoms with Crippen LogP contribution in [0.15, 0.2) is 40.9 Å². The zero-order chi connectivity index (χ0) is 18.0. The van der Waals surface area contributed by atoms with Crippen LogP contribution in [0.1, 0.15) is 30.1 Å². The molecule has 0 spiro atoms. The van der Waals surface area contributed by atoms with E-state index in [0.717, 1.165) is 36.5 Å². The maximum absolute atomic E-state index is 13.7. The second-order valence-corrected chi connectivity index (χ2v) is 5.97. The quantitative estimate of drug-likeness (QED) is 0.644. The van der Waals surface area contributed by atoms with Gasteiger partial charge >= 0.3 is 0 Å². The summed E-state index contributed by atoms with van der Waals surface area (Å²) in [4.78, 5) is 21.1. The Bertz CT molecular complexity index is 884. The number of nitrogens with two attached hydrogens (primary N) is 1. The first-order valence-electron chi connectivity index (χ1n) is 7.91. The Balaban J connectivity index is 1.99. The molecular formula is C17H19FN6O. The van der Waals surface area contributed by atoms with Crippen molar-refractivity contribution in [3.63, 3.8) is 0 Å². The number of allylic oxidation sites excluding steroid dienone is 2. The van der Waals surface area contributed by atoms with E-state index in [9.17, 15) is 9.18 Å². The van der Waals surface area contributed by atoms with Crippen LogP contribution in [0.5, 0.6) is 0 Å². The van der Waals surface area contributed by atoms with Crippen molar-refractivity contribution in [3.8, 4) is 0 Å². The molecule has 1 amide bonds. The molecule has 3 heterocycles. The van der Waals surface area contributed by atoms with Gasteiger partial charge in [0.05, 0.1) is 23.2 Å². The van der Waals surface area contributed by atoms with Gasteiger partial charge in [0, 0.05) is 12.7 Å². The molecule has 1 aliphatic heterocycles. The number of fused-ring (bicyclic) bond motifs is 1. The number of aromatic nitrogens is 3. The van der Waals surface area contributed by atoms with E-state index in [-0.39, 0.29) is 6.04 Å². The first-order valence-corrected chi connectivity index (χ1v) is 7.91. The van der Waals surface area contributed by atoms with Crippen molar-refractivity contribution in [2.45, 2.75) is 25.8 Å². The third kappa shape index (κ3) is 3.28. The summed E-state index contributed by atoms with van der Waals surface area (Å²) < 4.78 is 13.7. The van der Waals surface area contributed by atoms with Crippen molar-refractivity contribution in [2.75, 3.05) is 11.4 Å². The number of nitrogens with one attached hydrogen (secondary N) is 1. The van der Waals surface area contributed by atoms with Crippen molar-refractivity contribution < 1.29 is 9.18 Å². The summed E-state index contributed by atoms with van der Waals surface area (Å²) in [7, 11) is 0. The van der Waals surface area contributed by atoms with E-state index < -0.39 is 11.7 Å². The summed E-state index contributed by atoms with van der Waals surface area (Å²) in [6, 6.07) is 1.69. The molecule has 0 aliphatic carbocycles. The number of rotatable bonds is 5. The smallest absolute Gasteiger partial charge is 0.250 e. The lowest BCUT2D eigenvalue weighted by molar-refractivity contribution is 0.1000. The fourth-order valence-corrected chi connectivity index (χ4v) is 3.18. The molecule has 0 aromatic carbocycles. The van der Waals surface area contributed by atoms with Gasteiger partial charge in [-0.15, -0.1) is 0 Å². The normalized spacial score (nSPS) is 18.8. The minimum Gasteiger partial charge on any atom is -0.366 e. The topological polar surface area (TPSA) is 100 Å². The van der Waals surface area contributed by atoms with Crippen molar-refractivity contribution in [1.82, 2.24) is 15.2 Å². The molecule has 7 nitrogen and oxygen atoms in total. The average Bonchev–Trinajstić information content (AvgIpc) is 3.20. The number of nitrogens with zero attached hydrogens (tertiary/aromatic N) is 4. The van der Waals surface area contributed by atoms with Crippen LogP contribution in [0, 0.1) is 0 Å². The summed E-state index contributed by atoms with van der Waals surface area (Å²) in [6.45, 7) is 5.91. The van der Waals surface area contributed by atoms with Crippen LogP contribution < -0.4 is 10.6 Å². The van der Waals surface area contributed by atoms with Crippen LogP contribution in [0.4, 0.5) is 10.2 Å². The number of hydrogen-bond acceptors (Lipinski definition) is 5. The Labute approximate surface area is 144 Å². The predicted molar refractivity (Wildman–Crippen MR) is 95.3 cm³/mol. The van der Waals surface area contributed by atoms with Crippen LogP contribution in [0.25, 0.3) is 11.0 Å². The standard InChI is InChI=1S/C17H19FN6O/c1-10(6-12(18)9-20-2)14-4-3-5-24(14)17-13-7-11(15(19)25)8-21-16(13)22-23-17/h6-9,14H,2-5H2,1H3,(H2,19,25)(H,21,22,23)/b10-6+,12-9+/t14-/m1/s1. The molecule has 0 radical (unpaired) electrons. The van der Waals surface area contributed by atoms with Crippen LogP contribution >= 0.6 is 0 Å².